The van der Waals surface area contributed by atoms with Crippen molar-refractivity contribution < 1.29 is 0 Å². The zero-order chi connectivity index (χ0) is 12.9. The standard InChI is InChI=1S/C16H31N/c1-6-14(12-17-16(3,4)5)11-15-9-7-8-13(2)10-15/h11,13,15,17H,6-10,12H2,1-5H3/b14-11+. The second kappa shape index (κ2) is 6.58. The summed E-state index contributed by atoms with van der Waals surface area (Å²) >= 11 is 0. The van der Waals surface area contributed by atoms with E-state index in [9.17, 15) is 0 Å². The third kappa shape index (κ3) is 6.26. The first-order chi connectivity index (χ1) is 7.90. The molecule has 1 aliphatic rings. The minimum absolute atomic E-state index is 0.230. The van der Waals surface area contributed by atoms with Crippen LogP contribution in [0.15, 0.2) is 11.6 Å². The molecule has 1 N–H and O–H groups in total. The van der Waals surface area contributed by atoms with Gasteiger partial charge in [0.1, 0.15) is 0 Å². The van der Waals surface area contributed by atoms with Crippen LogP contribution in [0.1, 0.15) is 66.7 Å². The van der Waals surface area contributed by atoms with Gasteiger partial charge in [0.15, 0.2) is 0 Å². The Morgan fingerprint density at radius 2 is 2.00 bits per heavy atom. The predicted octanol–water partition coefficient (Wildman–Crippen LogP) is 4.54. The third-order valence-electron chi connectivity index (χ3n) is 3.75. The average Bonchev–Trinajstić information content (AvgIpc) is 2.23. The van der Waals surface area contributed by atoms with Crippen molar-refractivity contribution in [2.75, 3.05) is 6.54 Å². The van der Waals surface area contributed by atoms with Crippen molar-refractivity contribution in [3.63, 3.8) is 0 Å². The van der Waals surface area contributed by atoms with Crippen LogP contribution in [-0.4, -0.2) is 12.1 Å². The fourth-order valence-corrected chi connectivity index (χ4v) is 2.65. The van der Waals surface area contributed by atoms with Crippen LogP contribution in [0.3, 0.4) is 0 Å². The Morgan fingerprint density at radius 3 is 2.53 bits per heavy atom. The molecule has 1 fully saturated rings. The molecular weight excluding hydrogens is 206 g/mol. The summed E-state index contributed by atoms with van der Waals surface area (Å²) in [5, 5.41) is 3.61. The SMILES string of the molecule is CC/C(=C\C1CCCC(C)C1)CNC(C)(C)C. The largest absolute Gasteiger partial charge is 0.308 e. The molecule has 100 valence electrons. The van der Waals surface area contributed by atoms with Gasteiger partial charge in [-0.1, -0.05) is 38.3 Å². The second-order valence-electron chi connectivity index (χ2n) is 6.81. The van der Waals surface area contributed by atoms with Gasteiger partial charge >= 0.3 is 0 Å². The van der Waals surface area contributed by atoms with Crippen molar-refractivity contribution >= 4 is 0 Å². The predicted molar refractivity (Wildman–Crippen MR) is 77.3 cm³/mol. The summed E-state index contributed by atoms with van der Waals surface area (Å²) in [4.78, 5) is 0. The highest BCUT2D eigenvalue weighted by molar-refractivity contribution is 5.07. The van der Waals surface area contributed by atoms with Gasteiger partial charge in [-0.2, -0.15) is 0 Å². The lowest BCUT2D eigenvalue weighted by molar-refractivity contribution is 0.323. The molecule has 0 heterocycles. The Bertz CT molecular complexity index is 247. The third-order valence-corrected chi connectivity index (χ3v) is 3.75. The van der Waals surface area contributed by atoms with Gasteiger partial charge in [0.2, 0.25) is 0 Å². The summed E-state index contributed by atoms with van der Waals surface area (Å²) in [6, 6.07) is 0. The molecule has 0 aromatic heterocycles. The van der Waals surface area contributed by atoms with Crippen LogP contribution in [0.25, 0.3) is 0 Å². The molecule has 1 heteroatoms. The van der Waals surface area contributed by atoms with E-state index in [4.69, 9.17) is 0 Å². The van der Waals surface area contributed by atoms with Crippen LogP contribution >= 0.6 is 0 Å². The summed E-state index contributed by atoms with van der Waals surface area (Å²) in [5.41, 5.74) is 1.83. The molecule has 0 aromatic rings. The van der Waals surface area contributed by atoms with Gasteiger partial charge in [0, 0.05) is 12.1 Å². The summed E-state index contributed by atoms with van der Waals surface area (Å²) < 4.78 is 0. The van der Waals surface area contributed by atoms with Crippen LogP contribution in [0.5, 0.6) is 0 Å². The number of allylic oxidation sites excluding steroid dienone is 1. The molecule has 0 aromatic carbocycles. The quantitative estimate of drug-likeness (QED) is 0.708. The summed E-state index contributed by atoms with van der Waals surface area (Å²) in [6.07, 6.45) is 9.42. The fourth-order valence-electron chi connectivity index (χ4n) is 2.65. The Labute approximate surface area is 108 Å². The first-order valence-electron chi connectivity index (χ1n) is 7.35. The molecule has 0 saturated heterocycles. The van der Waals surface area contributed by atoms with Gasteiger partial charge in [0.25, 0.3) is 0 Å². The molecular formula is C16H31N. The number of nitrogens with one attached hydrogen (secondary N) is 1. The maximum absolute atomic E-state index is 3.61. The molecule has 0 bridgehead atoms. The van der Waals surface area contributed by atoms with E-state index in [0.717, 1.165) is 18.4 Å². The van der Waals surface area contributed by atoms with Gasteiger partial charge < -0.3 is 5.32 Å². The molecule has 0 spiro atoms. The second-order valence-corrected chi connectivity index (χ2v) is 6.81. The monoisotopic (exact) mass is 237 g/mol. The maximum atomic E-state index is 3.61. The molecule has 0 radical (unpaired) electrons. The van der Waals surface area contributed by atoms with Crippen LogP contribution in [-0.2, 0) is 0 Å². The Morgan fingerprint density at radius 1 is 1.29 bits per heavy atom. The molecule has 0 amide bonds. The van der Waals surface area contributed by atoms with Crippen LogP contribution < -0.4 is 5.32 Å². The molecule has 1 nitrogen and oxygen atoms in total. The van der Waals surface area contributed by atoms with Gasteiger partial charge in [-0.05, 0) is 51.9 Å². The topological polar surface area (TPSA) is 12.0 Å². The summed E-state index contributed by atoms with van der Waals surface area (Å²) in [6.45, 7) is 12.5. The molecule has 1 aliphatic carbocycles. The summed E-state index contributed by atoms with van der Waals surface area (Å²) in [7, 11) is 0. The number of hydrogen-bond donors (Lipinski definition) is 1. The highest BCUT2D eigenvalue weighted by atomic mass is 14.9. The minimum Gasteiger partial charge on any atom is -0.308 e. The molecule has 1 rings (SSSR count). The Balaban J connectivity index is 2.47. The Kier molecular flexibility index (Phi) is 5.72. The molecule has 2 atom stereocenters. The average molecular weight is 237 g/mol. The van der Waals surface area contributed by atoms with Crippen LogP contribution in [0.2, 0.25) is 0 Å². The summed E-state index contributed by atoms with van der Waals surface area (Å²) in [5.74, 6) is 1.77. The van der Waals surface area contributed by atoms with E-state index in [-0.39, 0.29) is 5.54 Å². The van der Waals surface area contributed by atoms with Crippen molar-refractivity contribution in [3.8, 4) is 0 Å². The molecule has 17 heavy (non-hydrogen) atoms. The maximum Gasteiger partial charge on any atom is 0.0169 e. The van der Waals surface area contributed by atoms with E-state index in [1.807, 2.05) is 0 Å². The number of rotatable bonds is 4. The van der Waals surface area contributed by atoms with E-state index in [0.29, 0.717) is 0 Å². The minimum atomic E-state index is 0.230. The fraction of sp³-hybridized carbons (Fsp3) is 0.875. The smallest absolute Gasteiger partial charge is 0.0169 e. The van der Waals surface area contributed by atoms with Crippen molar-refractivity contribution in [2.45, 2.75) is 72.3 Å². The Hall–Kier alpha value is -0.300. The normalized spacial score (nSPS) is 27.2. The van der Waals surface area contributed by atoms with Gasteiger partial charge in [0.05, 0.1) is 0 Å². The van der Waals surface area contributed by atoms with Crippen molar-refractivity contribution in [1.29, 1.82) is 0 Å². The first kappa shape index (κ1) is 14.8. The van der Waals surface area contributed by atoms with E-state index in [2.05, 4.69) is 46.0 Å². The van der Waals surface area contributed by atoms with Gasteiger partial charge in [-0.15, -0.1) is 0 Å². The van der Waals surface area contributed by atoms with Crippen LogP contribution in [0.4, 0.5) is 0 Å². The van der Waals surface area contributed by atoms with Crippen molar-refractivity contribution in [2.24, 2.45) is 11.8 Å². The zero-order valence-corrected chi connectivity index (χ0v) is 12.5. The van der Waals surface area contributed by atoms with E-state index in [1.54, 1.807) is 5.57 Å². The molecule has 0 aliphatic heterocycles. The lowest BCUT2D eigenvalue weighted by atomic mass is 9.81. The van der Waals surface area contributed by atoms with Gasteiger partial charge in [-0.3, -0.25) is 0 Å². The van der Waals surface area contributed by atoms with E-state index >= 15 is 0 Å². The van der Waals surface area contributed by atoms with Crippen LogP contribution in [0, 0.1) is 11.8 Å². The van der Waals surface area contributed by atoms with Crippen molar-refractivity contribution in [1.82, 2.24) is 5.32 Å². The lowest BCUT2D eigenvalue weighted by Crippen LogP contribution is -2.37. The van der Waals surface area contributed by atoms with Crippen molar-refractivity contribution in [3.05, 3.63) is 11.6 Å². The highest BCUT2D eigenvalue weighted by Crippen LogP contribution is 2.30. The zero-order valence-electron chi connectivity index (χ0n) is 12.5. The highest BCUT2D eigenvalue weighted by Gasteiger charge is 2.17. The molecule has 2 unspecified atom stereocenters. The van der Waals surface area contributed by atoms with E-state index in [1.165, 1.54) is 32.1 Å². The lowest BCUT2D eigenvalue weighted by Gasteiger charge is -2.26. The van der Waals surface area contributed by atoms with E-state index < -0.39 is 0 Å². The first-order valence-corrected chi connectivity index (χ1v) is 7.35. The number of hydrogen-bond acceptors (Lipinski definition) is 1. The van der Waals surface area contributed by atoms with Gasteiger partial charge in [-0.25, -0.2) is 0 Å². The molecule has 1 saturated carbocycles.